The highest BCUT2D eigenvalue weighted by atomic mass is 32.2. The number of benzene rings is 3. The van der Waals surface area contributed by atoms with E-state index in [1.54, 1.807) is 0 Å². The lowest BCUT2D eigenvalue weighted by Crippen LogP contribution is -2.35. The molecule has 0 aliphatic carbocycles. The van der Waals surface area contributed by atoms with Crippen LogP contribution in [-0.2, 0) is 30.4 Å². The van der Waals surface area contributed by atoms with Gasteiger partial charge in [0.25, 0.3) is 48.1 Å². The van der Waals surface area contributed by atoms with Crippen molar-refractivity contribution in [3.8, 4) is 34.5 Å². The zero-order chi connectivity index (χ0) is 39.3. The van der Waals surface area contributed by atoms with Gasteiger partial charge in [0.2, 0.25) is 0 Å². The van der Waals surface area contributed by atoms with E-state index in [1.807, 2.05) is 0 Å². The molecule has 0 aromatic heterocycles. The number of phenols is 6. The molecule has 0 radical (unpaired) electrons. The molecule has 24 heteroatoms. The number of amides is 3. The predicted molar refractivity (Wildman–Crippen MR) is 173 cm³/mol. The number of unbranched alkanes of at least 4 members (excludes halogenated alkanes) is 1. The van der Waals surface area contributed by atoms with Crippen molar-refractivity contribution >= 4 is 48.1 Å². The second-order valence-electron chi connectivity index (χ2n) is 10.7. The molecule has 284 valence electrons. The van der Waals surface area contributed by atoms with Gasteiger partial charge in [-0.15, -0.1) is 0 Å². The number of phenolic OH excluding ortho intramolecular Hbond substituents is 6. The number of nitrogens with one attached hydrogen (secondary N) is 2. The van der Waals surface area contributed by atoms with Gasteiger partial charge in [0.1, 0.15) is 14.7 Å². The number of aromatic hydroxyl groups is 6. The van der Waals surface area contributed by atoms with Gasteiger partial charge in [0.05, 0.1) is 16.7 Å². The van der Waals surface area contributed by atoms with Crippen molar-refractivity contribution in [2.75, 3.05) is 26.2 Å². The number of rotatable bonds is 15. The number of hydrogen-bond donors (Lipinski definition) is 11. The molecule has 3 amide bonds. The molecule has 0 heterocycles. The maximum Gasteiger partial charge on any atom is 0.298 e. The molecule has 21 nitrogen and oxygen atoms in total. The summed E-state index contributed by atoms with van der Waals surface area (Å²) in [5.41, 5.74) is -1.70. The Morgan fingerprint density at radius 1 is 0.481 bits per heavy atom. The van der Waals surface area contributed by atoms with Gasteiger partial charge in [-0.1, -0.05) is 0 Å². The Labute approximate surface area is 294 Å². The van der Waals surface area contributed by atoms with E-state index in [4.69, 9.17) is 9.11 Å². The highest BCUT2D eigenvalue weighted by Gasteiger charge is 2.27. The molecule has 0 bridgehead atoms. The van der Waals surface area contributed by atoms with Crippen LogP contribution >= 0.6 is 0 Å². The van der Waals surface area contributed by atoms with Crippen LogP contribution in [0.2, 0.25) is 0 Å². The van der Waals surface area contributed by atoms with Gasteiger partial charge < -0.3 is 46.2 Å². The second kappa shape index (κ2) is 15.9. The lowest BCUT2D eigenvalue weighted by molar-refractivity contribution is 0.0745. The fraction of sp³-hybridized carbons (Fsp3) is 0.250. The highest BCUT2D eigenvalue weighted by molar-refractivity contribution is 7.86. The van der Waals surface area contributed by atoms with Gasteiger partial charge in [-0.2, -0.15) is 25.3 Å². The molecule has 3 aromatic rings. The fourth-order valence-electron chi connectivity index (χ4n) is 4.62. The average Bonchev–Trinajstić information content (AvgIpc) is 3.03. The molecular formula is C28H31N3O18S3. The van der Waals surface area contributed by atoms with Crippen LogP contribution in [0.3, 0.4) is 0 Å². The SMILES string of the molecule is O=C(NCCCCN(CCCNC(=O)c1ccc(S(=O)(=O)O)c(O)c1O)C(=O)c1ccc(S(=O)(=O)O)c(O)c1O)c1ccc(S(=O)(=O)O)c(O)c1O. The fourth-order valence-corrected chi connectivity index (χ4v) is 6.37. The van der Waals surface area contributed by atoms with Gasteiger partial charge in [-0.25, -0.2) is 0 Å². The third kappa shape index (κ3) is 9.47. The molecule has 3 aromatic carbocycles. The Morgan fingerprint density at radius 3 is 1.19 bits per heavy atom. The zero-order valence-electron chi connectivity index (χ0n) is 26.3. The van der Waals surface area contributed by atoms with Crippen LogP contribution in [-0.4, -0.2) is 118 Å². The normalized spacial score (nSPS) is 11.9. The van der Waals surface area contributed by atoms with Gasteiger partial charge in [0.15, 0.2) is 34.5 Å². The monoisotopic (exact) mass is 793 g/mol. The summed E-state index contributed by atoms with van der Waals surface area (Å²) in [7, 11) is -14.8. The molecule has 0 saturated heterocycles. The summed E-state index contributed by atoms with van der Waals surface area (Å²) in [5, 5.41) is 65.0. The second-order valence-corrected chi connectivity index (χ2v) is 14.9. The average molecular weight is 794 g/mol. The summed E-state index contributed by atoms with van der Waals surface area (Å²) in [6.45, 7) is -0.662. The van der Waals surface area contributed by atoms with E-state index in [9.17, 15) is 74.8 Å². The lowest BCUT2D eigenvalue weighted by atomic mass is 10.1. The summed E-state index contributed by atoms with van der Waals surface area (Å²) in [5.74, 6) is -10.2. The van der Waals surface area contributed by atoms with Crippen molar-refractivity contribution in [1.29, 1.82) is 0 Å². The van der Waals surface area contributed by atoms with Crippen molar-refractivity contribution in [3.05, 3.63) is 53.1 Å². The molecule has 0 aliphatic rings. The van der Waals surface area contributed by atoms with Crippen molar-refractivity contribution in [3.63, 3.8) is 0 Å². The molecule has 0 fully saturated rings. The summed E-state index contributed by atoms with van der Waals surface area (Å²) in [6.07, 6.45) is 0.200. The minimum absolute atomic E-state index is 0.0394. The first-order valence-electron chi connectivity index (χ1n) is 14.4. The van der Waals surface area contributed by atoms with Crippen LogP contribution in [0.15, 0.2) is 51.1 Å². The molecule has 0 atom stereocenters. The Bertz CT molecular complexity index is 2240. The molecule has 0 saturated carbocycles. The van der Waals surface area contributed by atoms with E-state index in [0.29, 0.717) is 18.2 Å². The molecule has 11 N–H and O–H groups in total. The van der Waals surface area contributed by atoms with Crippen molar-refractivity contribution in [2.24, 2.45) is 0 Å². The van der Waals surface area contributed by atoms with Crippen molar-refractivity contribution < 1.29 is 83.9 Å². The molecular weight excluding hydrogens is 763 g/mol. The first-order valence-corrected chi connectivity index (χ1v) is 18.7. The van der Waals surface area contributed by atoms with Crippen LogP contribution in [0.25, 0.3) is 0 Å². The first kappa shape index (κ1) is 41.0. The van der Waals surface area contributed by atoms with Gasteiger partial charge >= 0.3 is 0 Å². The van der Waals surface area contributed by atoms with Crippen LogP contribution in [0, 0.1) is 0 Å². The van der Waals surface area contributed by atoms with Crippen LogP contribution in [0.5, 0.6) is 34.5 Å². The van der Waals surface area contributed by atoms with E-state index in [-0.39, 0.29) is 45.4 Å². The minimum Gasteiger partial charge on any atom is -0.504 e. The van der Waals surface area contributed by atoms with Crippen LogP contribution in [0.1, 0.15) is 50.3 Å². The van der Waals surface area contributed by atoms with E-state index >= 15 is 0 Å². The standard InChI is InChI=1S/C28H31N3O18S3/c32-20-14(4-7-17(23(20)35)50(41,42)43)26(38)29-10-1-2-12-31(28(40)16-6-9-19(52(47,48)49)25(37)22(16)34)13-3-11-30-27(39)15-5-8-18(51(44,45)46)24(36)21(15)33/h4-9,32-37H,1-3,10-13H2,(H,29,38)(H,30,39)(H,41,42,43)(H,44,45,46)(H,47,48,49). The van der Waals surface area contributed by atoms with Gasteiger partial charge in [-0.3, -0.25) is 28.0 Å². The highest BCUT2D eigenvalue weighted by Crippen LogP contribution is 2.37. The van der Waals surface area contributed by atoms with Crippen LogP contribution < -0.4 is 10.6 Å². The molecule has 52 heavy (non-hydrogen) atoms. The molecule has 0 spiro atoms. The Balaban J connectivity index is 1.71. The maximum atomic E-state index is 13.4. The van der Waals surface area contributed by atoms with E-state index in [2.05, 4.69) is 10.6 Å². The maximum absolute atomic E-state index is 13.4. The molecule has 3 rings (SSSR count). The van der Waals surface area contributed by atoms with Crippen molar-refractivity contribution in [2.45, 2.75) is 33.9 Å². The topological polar surface area (TPSA) is 363 Å². The first-order chi connectivity index (χ1) is 24.0. The van der Waals surface area contributed by atoms with Crippen LogP contribution in [0.4, 0.5) is 0 Å². The predicted octanol–water partition coefficient (Wildman–Crippen LogP) is 0.133. The Kier molecular flexibility index (Phi) is 12.5. The largest absolute Gasteiger partial charge is 0.504 e. The number of carbonyl (C=O) groups excluding carboxylic acids is 3. The summed E-state index contributed by atoms with van der Waals surface area (Å²) < 4.78 is 95.6. The Hall–Kier alpha value is -5.40. The van der Waals surface area contributed by atoms with Gasteiger partial charge in [-0.05, 0) is 55.7 Å². The third-order valence-electron chi connectivity index (χ3n) is 7.21. The molecule has 0 unspecified atom stereocenters. The summed E-state index contributed by atoms with van der Waals surface area (Å²) in [6, 6.07) is 4.48. The Morgan fingerprint density at radius 2 is 0.808 bits per heavy atom. The number of nitrogens with zero attached hydrogens (tertiary/aromatic N) is 1. The minimum atomic E-state index is -5.00. The summed E-state index contributed by atoms with van der Waals surface area (Å²) in [4.78, 5) is 36.4. The summed E-state index contributed by atoms with van der Waals surface area (Å²) >= 11 is 0. The number of carbonyl (C=O) groups is 3. The third-order valence-corrected chi connectivity index (χ3v) is 9.87. The van der Waals surface area contributed by atoms with E-state index < -0.39 is 114 Å². The molecule has 0 aliphatic heterocycles. The zero-order valence-corrected chi connectivity index (χ0v) is 28.7. The number of hydrogen-bond acceptors (Lipinski definition) is 15. The smallest absolute Gasteiger partial charge is 0.298 e. The van der Waals surface area contributed by atoms with E-state index in [0.717, 1.165) is 23.1 Å². The van der Waals surface area contributed by atoms with Gasteiger partial charge in [0, 0.05) is 26.2 Å². The lowest BCUT2D eigenvalue weighted by Gasteiger charge is -2.24. The van der Waals surface area contributed by atoms with Crippen molar-refractivity contribution in [1.82, 2.24) is 15.5 Å². The van der Waals surface area contributed by atoms with E-state index in [1.165, 1.54) is 0 Å². The quantitative estimate of drug-likeness (QED) is 0.0553.